The molecule has 0 spiro atoms. The summed E-state index contributed by atoms with van der Waals surface area (Å²) in [7, 11) is 0. The van der Waals surface area contributed by atoms with Crippen molar-refractivity contribution in [3.8, 4) is 6.07 Å². The number of hydrogen-bond acceptors (Lipinski definition) is 2. The molecular formula is C19H27NS. The molecule has 1 fully saturated rings. The molecule has 3 unspecified atom stereocenters. The highest BCUT2D eigenvalue weighted by Crippen LogP contribution is 2.45. The lowest BCUT2D eigenvalue weighted by molar-refractivity contribution is 0.169. The van der Waals surface area contributed by atoms with E-state index in [1.807, 2.05) is 11.8 Å². The Labute approximate surface area is 134 Å². The zero-order valence-corrected chi connectivity index (χ0v) is 14.8. The second kappa shape index (κ2) is 6.44. The van der Waals surface area contributed by atoms with Gasteiger partial charge in [0.1, 0.15) is 0 Å². The topological polar surface area (TPSA) is 23.8 Å². The first-order chi connectivity index (χ1) is 9.81. The van der Waals surface area contributed by atoms with E-state index in [-0.39, 0.29) is 5.92 Å². The van der Waals surface area contributed by atoms with Crippen molar-refractivity contribution < 1.29 is 0 Å². The van der Waals surface area contributed by atoms with Crippen LogP contribution in [0.3, 0.4) is 0 Å². The molecule has 0 heterocycles. The summed E-state index contributed by atoms with van der Waals surface area (Å²) in [4.78, 5) is 1.32. The van der Waals surface area contributed by atoms with E-state index in [1.165, 1.54) is 28.9 Å². The monoisotopic (exact) mass is 301 g/mol. The minimum absolute atomic E-state index is 0.204. The van der Waals surface area contributed by atoms with E-state index in [0.717, 1.165) is 12.3 Å². The molecule has 0 aromatic heterocycles. The average molecular weight is 301 g/mol. The number of hydrogen-bond donors (Lipinski definition) is 0. The summed E-state index contributed by atoms with van der Waals surface area (Å²) in [5.41, 5.74) is 3.03. The molecule has 1 aliphatic carbocycles. The van der Waals surface area contributed by atoms with Gasteiger partial charge in [-0.05, 0) is 67.7 Å². The van der Waals surface area contributed by atoms with Gasteiger partial charge in [0, 0.05) is 10.1 Å². The molecule has 0 bridgehead atoms. The van der Waals surface area contributed by atoms with Crippen molar-refractivity contribution in [3.63, 3.8) is 0 Å². The Morgan fingerprint density at radius 1 is 1.14 bits per heavy atom. The Balaban J connectivity index is 2.14. The van der Waals surface area contributed by atoms with Gasteiger partial charge in [-0.3, -0.25) is 0 Å². The molecule has 2 heteroatoms. The fourth-order valence-electron chi connectivity index (χ4n) is 3.16. The average Bonchev–Trinajstić information content (AvgIpc) is 2.42. The first-order valence-corrected chi connectivity index (χ1v) is 8.82. The van der Waals surface area contributed by atoms with Gasteiger partial charge in [-0.25, -0.2) is 0 Å². The van der Waals surface area contributed by atoms with Crippen LogP contribution in [0, 0.1) is 42.4 Å². The van der Waals surface area contributed by atoms with Crippen molar-refractivity contribution in [2.45, 2.75) is 64.0 Å². The zero-order chi connectivity index (χ0) is 15.6. The standard InChI is InChI=1S/C19H27NS/c1-13-6-9-17(10-14(13)2)21-18-11-16(19(3,4)5)8-7-15(18)12-20/h6,9-10,15-16,18H,7-8,11H2,1-5H3. The van der Waals surface area contributed by atoms with Crippen LogP contribution in [0.1, 0.15) is 51.2 Å². The smallest absolute Gasteiger partial charge is 0.0667 e. The highest BCUT2D eigenvalue weighted by molar-refractivity contribution is 8.00. The summed E-state index contributed by atoms with van der Waals surface area (Å²) in [6.45, 7) is 11.3. The van der Waals surface area contributed by atoms with Crippen LogP contribution in [-0.2, 0) is 0 Å². The Hall–Kier alpha value is -0.940. The molecule has 1 saturated carbocycles. The Morgan fingerprint density at radius 3 is 2.43 bits per heavy atom. The zero-order valence-electron chi connectivity index (χ0n) is 13.9. The lowest BCUT2D eigenvalue weighted by Crippen LogP contribution is -2.32. The third kappa shape index (κ3) is 4.04. The van der Waals surface area contributed by atoms with Gasteiger partial charge < -0.3 is 0 Å². The van der Waals surface area contributed by atoms with Gasteiger partial charge in [0.2, 0.25) is 0 Å². The van der Waals surface area contributed by atoms with Crippen LogP contribution in [0.15, 0.2) is 23.1 Å². The Kier molecular flexibility index (Phi) is 5.04. The number of thioether (sulfide) groups is 1. The summed E-state index contributed by atoms with van der Waals surface area (Å²) >= 11 is 1.92. The second-order valence-electron chi connectivity index (χ2n) is 7.51. The number of nitriles is 1. The number of rotatable bonds is 2. The molecule has 1 nitrogen and oxygen atoms in total. The maximum atomic E-state index is 9.46. The van der Waals surface area contributed by atoms with E-state index in [1.54, 1.807) is 0 Å². The van der Waals surface area contributed by atoms with E-state index < -0.39 is 0 Å². The first kappa shape index (κ1) is 16.4. The third-order valence-corrected chi connectivity index (χ3v) is 6.30. The highest BCUT2D eigenvalue weighted by atomic mass is 32.2. The molecule has 2 rings (SSSR count). The largest absolute Gasteiger partial charge is 0.198 e. The van der Waals surface area contributed by atoms with Crippen molar-refractivity contribution in [1.82, 2.24) is 0 Å². The maximum Gasteiger partial charge on any atom is 0.0667 e. The van der Waals surface area contributed by atoms with Gasteiger partial charge in [-0.2, -0.15) is 5.26 Å². The summed E-state index contributed by atoms with van der Waals surface area (Å²) in [6, 6.07) is 9.23. The minimum Gasteiger partial charge on any atom is -0.198 e. The van der Waals surface area contributed by atoms with Crippen LogP contribution in [0.5, 0.6) is 0 Å². The van der Waals surface area contributed by atoms with E-state index >= 15 is 0 Å². The van der Waals surface area contributed by atoms with Gasteiger partial charge in [-0.1, -0.05) is 26.8 Å². The summed E-state index contributed by atoms with van der Waals surface area (Å²) < 4.78 is 0. The molecule has 1 aliphatic rings. The number of aryl methyl sites for hydroxylation is 2. The summed E-state index contributed by atoms with van der Waals surface area (Å²) in [5.74, 6) is 0.932. The van der Waals surface area contributed by atoms with Crippen LogP contribution >= 0.6 is 11.8 Å². The Morgan fingerprint density at radius 2 is 1.86 bits per heavy atom. The van der Waals surface area contributed by atoms with E-state index in [0.29, 0.717) is 10.7 Å². The van der Waals surface area contributed by atoms with Gasteiger partial charge in [-0.15, -0.1) is 11.8 Å². The van der Waals surface area contributed by atoms with Crippen LogP contribution in [0.2, 0.25) is 0 Å². The molecule has 1 aromatic carbocycles. The van der Waals surface area contributed by atoms with E-state index in [9.17, 15) is 5.26 Å². The van der Waals surface area contributed by atoms with Gasteiger partial charge in [0.25, 0.3) is 0 Å². The molecule has 114 valence electrons. The predicted octanol–water partition coefficient (Wildman–Crippen LogP) is 5.75. The lowest BCUT2D eigenvalue weighted by Gasteiger charge is -2.39. The van der Waals surface area contributed by atoms with Gasteiger partial charge in [0.05, 0.1) is 12.0 Å². The van der Waals surface area contributed by atoms with Gasteiger partial charge >= 0.3 is 0 Å². The highest BCUT2D eigenvalue weighted by Gasteiger charge is 2.36. The number of nitrogens with zero attached hydrogens (tertiary/aromatic N) is 1. The summed E-state index contributed by atoms with van der Waals surface area (Å²) in [6.07, 6.45) is 3.42. The molecular weight excluding hydrogens is 274 g/mol. The fourth-order valence-corrected chi connectivity index (χ4v) is 4.59. The molecule has 1 aromatic rings. The van der Waals surface area contributed by atoms with Crippen molar-refractivity contribution in [2.24, 2.45) is 17.3 Å². The molecule has 3 atom stereocenters. The van der Waals surface area contributed by atoms with Gasteiger partial charge in [0.15, 0.2) is 0 Å². The van der Waals surface area contributed by atoms with E-state index in [2.05, 4.69) is 58.9 Å². The fraction of sp³-hybridized carbons (Fsp3) is 0.632. The van der Waals surface area contributed by atoms with Crippen molar-refractivity contribution in [2.75, 3.05) is 0 Å². The van der Waals surface area contributed by atoms with Crippen LogP contribution < -0.4 is 0 Å². The maximum absolute atomic E-state index is 9.46. The van der Waals surface area contributed by atoms with Crippen molar-refractivity contribution in [3.05, 3.63) is 29.3 Å². The first-order valence-electron chi connectivity index (χ1n) is 7.95. The Bertz CT molecular complexity index is 535. The molecule has 0 saturated heterocycles. The molecule has 21 heavy (non-hydrogen) atoms. The second-order valence-corrected chi connectivity index (χ2v) is 8.83. The quantitative estimate of drug-likeness (QED) is 0.694. The van der Waals surface area contributed by atoms with Crippen LogP contribution in [0.4, 0.5) is 0 Å². The van der Waals surface area contributed by atoms with Crippen molar-refractivity contribution >= 4 is 11.8 Å². The SMILES string of the molecule is Cc1ccc(SC2CC(C(C)(C)C)CCC2C#N)cc1C. The number of benzene rings is 1. The van der Waals surface area contributed by atoms with Crippen LogP contribution in [-0.4, -0.2) is 5.25 Å². The normalized spacial score (nSPS) is 26.4. The summed E-state index contributed by atoms with van der Waals surface area (Å²) in [5, 5.41) is 9.90. The lowest BCUT2D eigenvalue weighted by atomic mass is 9.70. The van der Waals surface area contributed by atoms with Crippen LogP contribution in [0.25, 0.3) is 0 Å². The third-order valence-electron chi connectivity index (χ3n) is 4.95. The minimum atomic E-state index is 0.204. The van der Waals surface area contributed by atoms with E-state index in [4.69, 9.17) is 0 Å². The van der Waals surface area contributed by atoms with Crippen molar-refractivity contribution in [1.29, 1.82) is 5.26 Å². The molecule has 0 N–H and O–H groups in total. The molecule has 0 amide bonds. The molecule has 0 aliphatic heterocycles. The predicted molar refractivity (Wildman–Crippen MR) is 91.5 cm³/mol. The molecule has 0 radical (unpaired) electrons.